The van der Waals surface area contributed by atoms with E-state index in [4.69, 9.17) is 5.26 Å². The Kier molecular flexibility index (Phi) is 3.70. The summed E-state index contributed by atoms with van der Waals surface area (Å²) in [5.74, 6) is 0. The maximum Gasteiger partial charge on any atom is 0.120 e. The molecule has 1 N–H and O–H groups in total. The van der Waals surface area contributed by atoms with E-state index >= 15 is 0 Å². The summed E-state index contributed by atoms with van der Waals surface area (Å²) in [4.78, 5) is 0. The van der Waals surface area contributed by atoms with Crippen LogP contribution in [0.3, 0.4) is 0 Å². The number of hydrogen-bond donors (Lipinski definition) is 1. The number of rotatable bonds is 4. The first-order valence-corrected chi connectivity index (χ1v) is 5.75. The van der Waals surface area contributed by atoms with Crippen molar-refractivity contribution in [2.45, 2.75) is 20.0 Å². The molecule has 92 valence electrons. The number of nitrogens with one attached hydrogen (secondary N) is 1. The highest BCUT2D eigenvalue weighted by Crippen LogP contribution is 2.13. The van der Waals surface area contributed by atoms with Gasteiger partial charge in [0.1, 0.15) is 11.8 Å². The summed E-state index contributed by atoms with van der Waals surface area (Å²) in [6.45, 7) is 3.40. The van der Waals surface area contributed by atoms with Gasteiger partial charge in [-0.25, -0.2) is 0 Å². The van der Waals surface area contributed by atoms with Crippen molar-refractivity contribution in [3.8, 4) is 6.07 Å². The molecule has 5 nitrogen and oxygen atoms in total. The lowest BCUT2D eigenvalue weighted by Crippen LogP contribution is -2.14. The number of nitriles is 1. The third-order valence-corrected chi connectivity index (χ3v) is 3.00. The van der Waals surface area contributed by atoms with Crippen LogP contribution in [0, 0.1) is 18.3 Å². The Morgan fingerprint density at radius 3 is 2.89 bits per heavy atom. The highest BCUT2D eigenvalue weighted by Gasteiger charge is 2.07. The van der Waals surface area contributed by atoms with Crippen LogP contribution in [0.1, 0.15) is 22.6 Å². The monoisotopic (exact) mass is 241 g/mol. The Bertz CT molecular complexity index is 565. The van der Waals surface area contributed by atoms with E-state index in [9.17, 15) is 0 Å². The Labute approximate surface area is 106 Å². The molecule has 0 unspecified atom stereocenters. The Balaban J connectivity index is 1.97. The molecule has 0 bridgehead atoms. The fourth-order valence-corrected chi connectivity index (χ4v) is 1.80. The SMILES string of the molecule is Cc1c(CNCc2cccnn2)cc(C#N)n1C. The van der Waals surface area contributed by atoms with Crippen LogP contribution >= 0.6 is 0 Å². The van der Waals surface area contributed by atoms with Crippen molar-refractivity contribution in [1.29, 1.82) is 5.26 Å². The molecule has 2 aromatic rings. The standard InChI is InChI=1S/C13H15N5/c1-10-11(6-13(7-14)18(10)2)8-15-9-12-4-3-5-16-17-12/h3-6,15H,8-9H2,1-2H3. The van der Waals surface area contributed by atoms with Gasteiger partial charge in [-0.05, 0) is 30.7 Å². The van der Waals surface area contributed by atoms with Crippen molar-refractivity contribution in [2.24, 2.45) is 7.05 Å². The molecule has 0 aliphatic heterocycles. The lowest BCUT2D eigenvalue weighted by Gasteiger charge is -2.04. The second-order valence-electron chi connectivity index (χ2n) is 4.13. The largest absolute Gasteiger partial charge is 0.340 e. The average Bonchev–Trinajstić information content (AvgIpc) is 2.68. The van der Waals surface area contributed by atoms with Crippen LogP contribution in [0.2, 0.25) is 0 Å². The molecule has 2 heterocycles. The summed E-state index contributed by atoms with van der Waals surface area (Å²) >= 11 is 0. The quantitative estimate of drug-likeness (QED) is 0.875. The van der Waals surface area contributed by atoms with E-state index in [0.29, 0.717) is 12.2 Å². The van der Waals surface area contributed by atoms with Crippen LogP contribution < -0.4 is 5.32 Å². The lowest BCUT2D eigenvalue weighted by molar-refractivity contribution is 0.665. The molecule has 0 aliphatic carbocycles. The Hall–Kier alpha value is -2.19. The van der Waals surface area contributed by atoms with Crippen LogP contribution in [0.25, 0.3) is 0 Å². The first kappa shape index (κ1) is 12.3. The van der Waals surface area contributed by atoms with Crippen molar-refractivity contribution in [2.75, 3.05) is 0 Å². The van der Waals surface area contributed by atoms with Gasteiger partial charge in [-0.1, -0.05) is 0 Å². The van der Waals surface area contributed by atoms with Crippen molar-refractivity contribution in [3.05, 3.63) is 47.0 Å². The lowest BCUT2D eigenvalue weighted by atomic mass is 10.2. The van der Waals surface area contributed by atoms with Crippen molar-refractivity contribution in [1.82, 2.24) is 20.1 Å². The molecular weight excluding hydrogens is 226 g/mol. The van der Waals surface area contributed by atoms with Crippen molar-refractivity contribution < 1.29 is 0 Å². The molecule has 0 aliphatic rings. The summed E-state index contributed by atoms with van der Waals surface area (Å²) in [5, 5.41) is 20.1. The van der Waals surface area contributed by atoms with E-state index in [1.54, 1.807) is 6.20 Å². The highest BCUT2D eigenvalue weighted by atomic mass is 15.1. The first-order chi connectivity index (χ1) is 8.72. The summed E-state index contributed by atoms with van der Waals surface area (Å²) < 4.78 is 1.90. The van der Waals surface area contributed by atoms with Crippen LogP contribution in [-0.2, 0) is 20.1 Å². The Morgan fingerprint density at radius 1 is 1.44 bits per heavy atom. The molecule has 0 fully saturated rings. The molecular formula is C13H15N5. The predicted molar refractivity (Wildman–Crippen MR) is 67.4 cm³/mol. The molecule has 2 rings (SSSR count). The molecule has 0 aromatic carbocycles. The molecule has 0 saturated carbocycles. The molecule has 0 amide bonds. The van der Waals surface area contributed by atoms with E-state index in [0.717, 1.165) is 23.5 Å². The fourth-order valence-electron chi connectivity index (χ4n) is 1.80. The topological polar surface area (TPSA) is 66.5 Å². The molecule has 0 saturated heterocycles. The van der Waals surface area contributed by atoms with E-state index in [1.807, 2.05) is 36.7 Å². The van der Waals surface area contributed by atoms with Crippen LogP contribution in [-0.4, -0.2) is 14.8 Å². The zero-order chi connectivity index (χ0) is 13.0. The minimum absolute atomic E-state index is 0.671. The second kappa shape index (κ2) is 5.43. The normalized spacial score (nSPS) is 10.3. The zero-order valence-electron chi connectivity index (χ0n) is 10.5. The number of hydrogen-bond acceptors (Lipinski definition) is 4. The maximum atomic E-state index is 8.95. The van der Waals surface area contributed by atoms with Gasteiger partial charge in [0, 0.05) is 32.0 Å². The minimum Gasteiger partial charge on any atom is -0.340 e. The van der Waals surface area contributed by atoms with E-state index in [2.05, 4.69) is 21.6 Å². The molecule has 0 spiro atoms. The Morgan fingerprint density at radius 2 is 2.28 bits per heavy atom. The van der Waals surface area contributed by atoms with Gasteiger partial charge in [-0.2, -0.15) is 15.5 Å². The molecule has 2 aromatic heterocycles. The van der Waals surface area contributed by atoms with Gasteiger partial charge >= 0.3 is 0 Å². The number of aromatic nitrogens is 3. The summed E-state index contributed by atoms with van der Waals surface area (Å²) in [5.41, 5.74) is 3.84. The zero-order valence-corrected chi connectivity index (χ0v) is 10.5. The third kappa shape index (κ3) is 2.55. The predicted octanol–water partition coefficient (Wildman–Crippen LogP) is 1.29. The first-order valence-electron chi connectivity index (χ1n) is 5.75. The fraction of sp³-hybridized carbons (Fsp3) is 0.308. The molecule has 5 heteroatoms. The van der Waals surface area contributed by atoms with Crippen LogP contribution in [0.4, 0.5) is 0 Å². The molecule has 0 atom stereocenters. The minimum atomic E-state index is 0.671. The van der Waals surface area contributed by atoms with Crippen molar-refractivity contribution >= 4 is 0 Å². The molecule has 0 radical (unpaired) electrons. The van der Waals surface area contributed by atoms with E-state index in [-0.39, 0.29) is 0 Å². The van der Waals surface area contributed by atoms with Crippen LogP contribution in [0.5, 0.6) is 0 Å². The van der Waals surface area contributed by atoms with Gasteiger partial charge in [0.25, 0.3) is 0 Å². The average molecular weight is 241 g/mol. The number of nitrogens with zero attached hydrogens (tertiary/aromatic N) is 4. The molecule has 18 heavy (non-hydrogen) atoms. The second-order valence-corrected chi connectivity index (χ2v) is 4.13. The third-order valence-electron chi connectivity index (χ3n) is 3.00. The van der Waals surface area contributed by atoms with Gasteiger partial charge < -0.3 is 9.88 Å². The van der Waals surface area contributed by atoms with E-state index in [1.165, 1.54) is 0 Å². The maximum absolute atomic E-state index is 8.95. The van der Waals surface area contributed by atoms with Crippen LogP contribution in [0.15, 0.2) is 24.4 Å². The van der Waals surface area contributed by atoms with Gasteiger partial charge in [0.05, 0.1) is 5.69 Å². The smallest absolute Gasteiger partial charge is 0.120 e. The summed E-state index contributed by atoms with van der Waals surface area (Å²) in [7, 11) is 1.90. The van der Waals surface area contributed by atoms with Gasteiger partial charge in [0.15, 0.2) is 0 Å². The summed E-state index contributed by atoms with van der Waals surface area (Å²) in [6.07, 6.45) is 1.66. The van der Waals surface area contributed by atoms with Gasteiger partial charge in [-0.15, -0.1) is 0 Å². The van der Waals surface area contributed by atoms with E-state index < -0.39 is 0 Å². The van der Waals surface area contributed by atoms with Gasteiger partial charge in [-0.3, -0.25) is 0 Å². The highest BCUT2D eigenvalue weighted by molar-refractivity contribution is 5.34. The van der Waals surface area contributed by atoms with Crippen molar-refractivity contribution in [3.63, 3.8) is 0 Å². The van der Waals surface area contributed by atoms with Gasteiger partial charge in [0.2, 0.25) is 0 Å². The summed E-state index contributed by atoms with van der Waals surface area (Å²) in [6, 6.07) is 7.89.